The zero-order valence-corrected chi connectivity index (χ0v) is 14.2. The Morgan fingerprint density at radius 1 is 1.48 bits per heavy atom. The molecule has 0 amide bonds. The zero-order chi connectivity index (χ0) is 15.1. The average Bonchev–Trinajstić information content (AvgIpc) is 2.53. The molecule has 118 valence electrons. The van der Waals surface area contributed by atoms with E-state index < -0.39 is 0 Å². The van der Waals surface area contributed by atoms with E-state index in [2.05, 4.69) is 44.3 Å². The van der Waals surface area contributed by atoms with Crippen LogP contribution < -0.4 is 10.2 Å². The quantitative estimate of drug-likeness (QED) is 0.736. The molecule has 1 heterocycles. The monoisotopic (exact) mass is 356 g/mol. The summed E-state index contributed by atoms with van der Waals surface area (Å²) in [4.78, 5) is 2.37. The lowest BCUT2D eigenvalue weighted by molar-refractivity contribution is 0.199. The Balaban J connectivity index is 1.94. The van der Waals surface area contributed by atoms with Crippen molar-refractivity contribution in [3.05, 3.63) is 28.2 Å². The predicted octanol–water partition coefficient (Wildman–Crippen LogP) is 2.39. The van der Waals surface area contributed by atoms with Gasteiger partial charge in [-0.1, -0.05) is 22.0 Å². The molecule has 2 N–H and O–H groups in total. The summed E-state index contributed by atoms with van der Waals surface area (Å²) >= 11 is 3.67. The number of benzene rings is 1. The molecule has 0 aromatic heterocycles. The number of halogens is 1. The molecule has 1 unspecified atom stereocenters. The number of hydrogen-bond donors (Lipinski definition) is 2. The maximum Gasteiger partial charge on any atom is 0.0587 e. The molecule has 0 saturated carbocycles. The molecule has 0 bridgehead atoms. The summed E-state index contributed by atoms with van der Waals surface area (Å²) in [6, 6.07) is 6.53. The lowest BCUT2D eigenvalue weighted by Gasteiger charge is -2.33. The molecule has 2 rings (SSSR count). The predicted molar refractivity (Wildman–Crippen MR) is 89.7 cm³/mol. The van der Waals surface area contributed by atoms with Gasteiger partial charge in [0.25, 0.3) is 0 Å². The molecular formula is C16H25BrN2O2. The third-order valence-electron chi connectivity index (χ3n) is 3.98. The van der Waals surface area contributed by atoms with Crippen molar-refractivity contribution in [1.82, 2.24) is 5.32 Å². The van der Waals surface area contributed by atoms with E-state index >= 15 is 0 Å². The van der Waals surface area contributed by atoms with Gasteiger partial charge in [-0.15, -0.1) is 0 Å². The Bertz CT molecular complexity index is 442. The van der Waals surface area contributed by atoms with Crippen LogP contribution in [-0.4, -0.2) is 45.1 Å². The molecule has 5 heteroatoms. The molecule has 0 spiro atoms. The Morgan fingerprint density at radius 3 is 3.05 bits per heavy atom. The summed E-state index contributed by atoms with van der Waals surface area (Å²) < 4.78 is 6.16. The van der Waals surface area contributed by atoms with Crippen molar-refractivity contribution < 1.29 is 9.84 Å². The van der Waals surface area contributed by atoms with Crippen molar-refractivity contribution in [2.75, 3.05) is 44.9 Å². The number of rotatable bonds is 7. The van der Waals surface area contributed by atoms with Gasteiger partial charge in [-0.2, -0.15) is 0 Å². The van der Waals surface area contributed by atoms with Crippen molar-refractivity contribution in [3.8, 4) is 0 Å². The molecule has 1 aromatic carbocycles. The first-order valence-corrected chi connectivity index (χ1v) is 8.37. The highest BCUT2D eigenvalue weighted by atomic mass is 79.9. The van der Waals surface area contributed by atoms with Crippen LogP contribution >= 0.6 is 15.9 Å². The standard InChI is InChI=1S/C16H25BrN2O2/c1-21-8-6-18-10-14-4-5-15(9-16(14)17)19-7-2-3-13(11-19)12-20/h4-5,9,13,18,20H,2-3,6-8,10-12H2,1H3. The lowest BCUT2D eigenvalue weighted by atomic mass is 9.98. The number of ether oxygens (including phenoxy) is 1. The molecule has 1 fully saturated rings. The first-order valence-electron chi connectivity index (χ1n) is 7.58. The molecule has 21 heavy (non-hydrogen) atoms. The van der Waals surface area contributed by atoms with E-state index in [4.69, 9.17) is 4.74 Å². The number of hydrogen-bond acceptors (Lipinski definition) is 4. The Hall–Kier alpha value is -0.620. The second-order valence-electron chi connectivity index (χ2n) is 5.58. The first kappa shape index (κ1) is 16.7. The van der Waals surface area contributed by atoms with Crippen LogP contribution in [0.15, 0.2) is 22.7 Å². The van der Waals surface area contributed by atoms with Crippen molar-refractivity contribution in [2.24, 2.45) is 5.92 Å². The fraction of sp³-hybridized carbons (Fsp3) is 0.625. The topological polar surface area (TPSA) is 44.7 Å². The van der Waals surface area contributed by atoms with E-state index in [1.165, 1.54) is 11.3 Å². The second-order valence-corrected chi connectivity index (χ2v) is 6.44. The van der Waals surface area contributed by atoms with E-state index in [9.17, 15) is 5.11 Å². The van der Waals surface area contributed by atoms with Crippen molar-refractivity contribution >= 4 is 21.6 Å². The van der Waals surface area contributed by atoms with Crippen LogP contribution in [0.1, 0.15) is 18.4 Å². The average molecular weight is 357 g/mol. The highest BCUT2D eigenvalue weighted by Crippen LogP contribution is 2.27. The highest BCUT2D eigenvalue weighted by Gasteiger charge is 2.19. The van der Waals surface area contributed by atoms with Gasteiger partial charge in [-0.05, 0) is 36.5 Å². The van der Waals surface area contributed by atoms with E-state index in [-0.39, 0.29) is 0 Å². The maximum atomic E-state index is 9.34. The summed E-state index contributed by atoms with van der Waals surface area (Å²) in [6.07, 6.45) is 2.29. The molecular weight excluding hydrogens is 332 g/mol. The molecule has 1 aliphatic rings. The van der Waals surface area contributed by atoms with Crippen LogP contribution in [0.25, 0.3) is 0 Å². The minimum Gasteiger partial charge on any atom is -0.396 e. The van der Waals surface area contributed by atoms with Crippen LogP contribution in [0, 0.1) is 5.92 Å². The number of anilines is 1. The van der Waals surface area contributed by atoms with Crippen LogP contribution in [-0.2, 0) is 11.3 Å². The minimum atomic E-state index is 0.291. The fourth-order valence-corrected chi connectivity index (χ4v) is 3.23. The van der Waals surface area contributed by atoms with Gasteiger partial charge in [0, 0.05) is 50.1 Å². The molecule has 0 aliphatic carbocycles. The van der Waals surface area contributed by atoms with Gasteiger partial charge in [-0.25, -0.2) is 0 Å². The Kier molecular flexibility index (Phi) is 6.96. The fourth-order valence-electron chi connectivity index (χ4n) is 2.72. The van der Waals surface area contributed by atoms with Gasteiger partial charge in [-0.3, -0.25) is 0 Å². The lowest BCUT2D eigenvalue weighted by Crippen LogP contribution is -2.36. The Morgan fingerprint density at radius 2 is 2.33 bits per heavy atom. The van der Waals surface area contributed by atoms with Gasteiger partial charge >= 0.3 is 0 Å². The van der Waals surface area contributed by atoms with Gasteiger partial charge in [0.05, 0.1) is 6.61 Å². The first-order chi connectivity index (χ1) is 10.2. The van der Waals surface area contributed by atoms with Crippen LogP contribution in [0.4, 0.5) is 5.69 Å². The smallest absolute Gasteiger partial charge is 0.0587 e. The zero-order valence-electron chi connectivity index (χ0n) is 12.6. The Labute approximate surface area is 135 Å². The van der Waals surface area contributed by atoms with E-state index in [1.807, 2.05) is 0 Å². The molecule has 1 saturated heterocycles. The van der Waals surface area contributed by atoms with E-state index in [0.29, 0.717) is 12.5 Å². The van der Waals surface area contributed by atoms with Gasteiger partial charge in [0.2, 0.25) is 0 Å². The SMILES string of the molecule is COCCNCc1ccc(N2CCCC(CO)C2)cc1Br. The number of methoxy groups -OCH3 is 1. The maximum absolute atomic E-state index is 9.34. The van der Waals surface area contributed by atoms with Gasteiger partial charge in [0.15, 0.2) is 0 Å². The number of nitrogens with zero attached hydrogens (tertiary/aromatic N) is 1. The normalized spacial score (nSPS) is 19.0. The molecule has 4 nitrogen and oxygen atoms in total. The van der Waals surface area contributed by atoms with Gasteiger partial charge < -0.3 is 20.1 Å². The highest BCUT2D eigenvalue weighted by molar-refractivity contribution is 9.10. The summed E-state index contributed by atoms with van der Waals surface area (Å²) in [5, 5.41) is 12.7. The second kappa shape index (κ2) is 8.73. The minimum absolute atomic E-state index is 0.291. The van der Waals surface area contributed by atoms with Crippen molar-refractivity contribution in [2.45, 2.75) is 19.4 Å². The molecule has 0 radical (unpaired) electrons. The molecule has 1 atom stereocenters. The number of aliphatic hydroxyl groups excluding tert-OH is 1. The van der Waals surface area contributed by atoms with Crippen molar-refractivity contribution in [3.63, 3.8) is 0 Å². The van der Waals surface area contributed by atoms with Crippen LogP contribution in [0.3, 0.4) is 0 Å². The van der Waals surface area contributed by atoms with Gasteiger partial charge in [0.1, 0.15) is 0 Å². The largest absolute Gasteiger partial charge is 0.396 e. The molecule has 1 aromatic rings. The van der Waals surface area contributed by atoms with Crippen molar-refractivity contribution in [1.29, 1.82) is 0 Å². The van der Waals surface area contributed by atoms with E-state index in [0.717, 1.165) is 50.1 Å². The van der Waals surface area contributed by atoms with E-state index in [1.54, 1.807) is 7.11 Å². The van der Waals surface area contributed by atoms with Crippen LogP contribution in [0.2, 0.25) is 0 Å². The number of aliphatic hydroxyl groups is 1. The third-order valence-corrected chi connectivity index (χ3v) is 4.72. The summed E-state index contributed by atoms with van der Waals surface area (Å²) in [5.41, 5.74) is 2.49. The summed E-state index contributed by atoms with van der Waals surface area (Å²) in [7, 11) is 1.71. The van der Waals surface area contributed by atoms with Crippen LogP contribution in [0.5, 0.6) is 0 Å². The third kappa shape index (κ3) is 4.95. The number of piperidine rings is 1. The summed E-state index contributed by atoms with van der Waals surface area (Å²) in [6.45, 7) is 4.74. The number of nitrogens with one attached hydrogen (secondary N) is 1. The molecule has 1 aliphatic heterocycles. The summed E-state index contributed by atoms with van der Waals surface area (Å²) in [5.74, 6) is 0.410.